The molecule has 2 aromatic rings. The van der Waals surface area contributed by atoms with E-state index in [-0.39, 0.29) is 0 Å². The molecule has 0 saturated heterocycles. The molecule has 5 rings (SSSR count). The van der Waals surface area contributed by atoms with Gasteiger partial charge in [0.2, 0.25) is 0 Å². The fraction of sp³-hybridized carbons (Fsp3) is 0.545. The van der Waals surface area contributed by atoms with Crippen molar-refractivity contribution in [2.45, 2.75) is 51.1 Å². The van der Waals surface area contributed by atoms with Crippen molar-refractivity contribution in [2.75, 3.05) is 0 Å². The van der Waals surface area contributed by atoms with Crippen molar-refractivity contribution in [3.05, 3.63) is 47.3 Å². The minimum atomic E-state index is 0.764. The molecule has 3 saturated carbocycles. The third kappa shape index (κ3) is 2.84. The molecular weight excluding hydrogens is 310 g/mol. The third-order valence-corrected chi connectivity index (χ3v) is 7.78. The number of thiophene rings is 1. The van der Waals surface area contributed by atoms with Crippen LogP contribution in [-0.4, -0.2) is 6.04 Å². The number of benzene rings is 1. The van der Waals surface area contributed by atoms with Crippen LogP contribution in [0.3, 0.4) is 0 Å². The molecule has 1 aromatic carbocycles. The SMILES string of the molecule is c1cc(CNC2CC3CC4CCC2C(C4)C3)cc(-c2cccs2)c1. The fourth-order valence-electron chi connectivity index (χ4n) is 5.88. The summed E-state index contributed by atoms with van der Waals surface area (Å²) in [7, 11) is 0. The van der Waals surface area contributed by atoms with Crippen LogP contribution in [-0.2, 0) is 6.54 Å². The molecule has 24 heavy (non-hydrogen) atoms. The van der Waals surface area contributed by atoms with E-state index in [0.29, 0.717) is 0 Å². The topological polar surface area (TPSA) is 12.0 Å². The van der Waals surface area contributed by atoms with Gasteiger partial charge in [-0.2, -0.15) is 0 Å². The van der Waals surface area contributed by atoms with Gasteiger partial charge in [-0.05, 0) is 84.4 Å². The average molecular weight is 338 g/mol. The molecule has 1 heterocycles. The zero-order valence-electron chi connectivity index (χ0n) is 14.3. The number of nitrogens with one attached hydrogen (secondary N) is 1. The maximum absolute atomic E-state index is 3.97. The Bertz CT molecular complexity index is 686. The normalized spacial score (nSPS) is 34.4. The lowest BCUT2D eigenvalue weighted by molar-refractivity contribution is 0.00606. The minimum absolute atomic E-state index is 0.764. The number of fused-ring (bicyclic) bond motifs is 2. The molecule has 5 atom stereocenters. The van der Waals surface area contributed by atoms with Crippen LogP contribution in [0, 0.1) is 23.7 Å². The fourth-order valence-corrected chi connectivity index (χ4v) is 6.61. The number of hydrogen-bond acceptors (Lipinski definition) is 2. The van der Waals surface area contributed by atoms with Crippen LogP contribution in [0.2, 0.25) is 0 Å². The van der Waals surface area contributed by atoms with Crippen LogP contribution in [0.4, 0.5) is 0 Å². The van der Waals surface area contributed by atoms with Crippen LogP contribution < -0.4 is 5.32 Å². The highest BCUT2D eigenvalue weighted by atomic mass is 32.1. The van der Waals surface area contributed by atoms with Crippen LogP contribution >= 0.6 is 11.3 Å². The van der Waals surface area contributed by atoms with Crippen molar-refractivity contribution in [3.63, 3.8) is 0 Å². The van der Waals surface area contributed by atoms with Gasteiger partial charge in [0.15, 0.2) is 0 Å². The smallest absolute Gasteiger partial charge is 0.0342 e. The summed E-state index contributed by atoms with van der Waals surface area (Å²) in [4.78, 5) is 1.38. The van der Waals surface area contributed by atoms with Gasteiger partial charge in [0.25, 0.3) is 0 Å². The molecule has 2 heteroatoms. The first-order valence-electron chi connectivity index (χ1n) is 9.71. The third-order valence-electron chi connectivity index (χ3n) is 6.86. The summed E-state index contributed by atoms with van der Waals surface area (Å²) in [6.45, 7) is 1.03. The lowest BCUT2D eigenvalue weighted by atomic mass is 9.56. The van der Waals surface area contributed by atoms with E-state index >= 15 is 0 Å². The van der Waals surface area contributed by atoms with Crippen molar-refractivity contribution >= 4 is 11.3 Å². The van der Waals surface area contributed by atoms with Crippen molar-refractivity contribution in [3.8, 4) is 10.4 Å². The van der Waals surface area contributed by atoms with Gasteiger partial charge >= 0.3 is 0 Å². The molecule has 1 aromatic heterocycles. The highest BCUT2D eigenvalue weighted by Gasteiger charge is 2.45. The van der Waals surface area contributed by atoms with E-state index in [2.05, 4.69) is 47.1 Å². The Hall–Kier alpha value is -1.12. The molecule has 0 aliphatic heterocycles. The van der Waals surface area contributed by atoms with Gasteiger partial charge in [0.1, 0.15) is 0 Å². The zero-order chi connectivity index (χ0) is 15.9. The van der Waals surface area contributed by atoms with E-state index in [1.807, 2.05) is 11.3 Å². The molecule has 1 N–H and O–H groups in total. The maximum Gasteiger partial charge on any atom is 0.0342 e. The van der Waals surface area contributed by atoms with Gasteiger partial charge < -0.3 is 5.32 Å². The van der Waals surface area contributed by atoms with Gasteiger partial charge in [-0.1, -0.05) is 30.7 Å². The van der Waals surface area contributed by atoms with Crippen LogP contribution in [0.5, 0.6) is 0 Å². The van der Waals surface area contributed by atoms with Gasteiger partial charge in [-0.15, -0.1) is 11.3 Å². The van der Waals surface area contributed by atoms with Crippen LogP contribution in [0.25, 0.3) is 10.4 Å². The summed E-state index contributed by atoms with van der Waals surface area (Å²) in [5, 5.41) is 6.13. The van der Waals surface area contributed by atoms with E-state index in [4.69, 9.17) is 0 Å². The Balaban J connectivity index is 1.28. The van der Waals surface area contributed by atoms with Crippen LogP contribution in [0.1, 0.15) is 44.1 Å². The maximum atomic E-state index is 3.97. The molecule has 3 aliphatic rings. The van der Waals surface area contributed by atoms with Gasteiger partial charge in [-0.3, -0.25) is 0 Å². The zero-order valence-corrected chi connectivity index (χ0v) is 15.1. The second kappa shape index (κ2) is 6.31. The molecule has 3 bridgehead atoms. The first kappa shape index (κ1) is 15.2. The monoisotopic (exact) mass is 337 g/mol. The van der Waals surface area contributed by atoms with E-state index in [9.17, 15) is 0 Å². The molecule has 0 radical (unpaired) electrons. The molecule has 1 nitrogen and oxygen atoms in total. The summed E-state index contributed by atoms with van der Waals surface area (Å²) in [6, 6.07) is 14.2. The van der Waals surface area contributed by atoms with Crippen LogP contribution in [0.15, 0.2) is 41.8 Å². The Labute approximate surface area is 149 Å². The van der Waals surface area contributed by atoms with Crippen molar-refractivity contribution in [1.82, 2.24) is 5.32 Å². The molecule has 3 fully saturated rings. The lowest BCUT2D eigenvalue weighted by Crippen LogP contribution is -2.50. The Kier molecular flexibility index (Phi) is 3.99. The largest absolute Gasteiger partial charge is 0.310 e. The Morgan fingerprint density at radius 2 is 1.92 bits per heavy atom. The quantitative estimate of drug-likeness (QED) is 0.752. The second-order valence-corrected chi connectivity index (χ2v) is 9.29. The first-order chi connectivity index (χ1) is 11.8. The van der Waals surface area contributed by atoms with Gasteiger partial charge in [0, 0.05) is 17.5 Å². The lowest BCUT2D eigenvalue weighted by Gasteiger charge is -2.52. The Morgan fingerprint density at radius 1 is 0.958 bits per heavy atom. The number of hydrogen-bond donors (Lipinski definition) is 1. The molecule has 5 unspecified atom stereocenters. The van der Waals surface area contributed by atoms with E-state index in [1.165, 1.54) is 54.5 Å². The second-order valence-electron chi connectivity index (χ2n) is 8.34. The molecule has 126 valence electrons. The van der Waals surface area contributed by atoms with E-state index in [0.717, 1.165) is 36.3 Å². The minimum Gasteiger partial charge on any atom is -0.310 e. The predicted octanol–water partition coefficient (Wildman–Crippen LogP) is 5.72. The van der Waals surface area contributed by atoms with Gasteiger partial charge in [0.05, 0.1) is 0 Å². The molecule has 3 aliphatic carbocycles. The molecule has 0 spiro atoms. The summed E-state index contributed by atoms with van der Waals surface area (Å²) in [5.41, 5.74) is 2.80. The predicted molar refractivity (Wildman–Crippen MR) is 102 cm³/mol. The highest BCUT2D eigenvalue weighted by molar-refractivity contribution is 7.13. The van der Waals surface area contributed by atoms with Crippen molar-refractivity contribution < 1.29 is 0 Å². The van der Waals surface area contributed by atoms with Gasteiger partial charge in [-0.25, -0.2) is 0 Å². The Morgan fingerprint density at radius 3 is 2.83 bits per heavy atom. The summed E-state index contributed by atoms with van der Waals surface area (Å²) in [5.74, 6) is 4.08. The first-order valence-corrected chi connectivity index (χ1v) is 10.6. The summed E-state index contributed by atoms with van der Waals surface area (Å²) in [6.07, 6.45) is 9.01. The molecular formula is C22H27NS. The van der Waals surface area contributed by atoms with Crippen molar-refractivity contribution in [2.24, 2.45) is 23.7 Å². The standard InChI is InChI=1S/C22H27NS/c1-3-16(11-18(4-1)22-5-2-8-24-22)14-23-21-13-17-9-15-6-7-20(21)19(10-15)12-17/h1-5,8,11,15,17,19-21,23H,6-7,9-10,12-14H2. The summed E-state index contributed by atoms with van der Waals surface area (Å²) < 4.78 is 0. The number of rotatable bonds is 4. The van der Waals surface area contributed by atoms with Crippen molar-refractivity contribution in [1.29, 1.82) is 0 Å². The molecule has 0 amide bonds. The highest BCUT2D eigenvalue weighted by Crippen LogP contribution is 2.52. The summed E-state index contributed by atoms with van der Waals surface area (Å²) >= 11 is 1.83. The van der Waals surface area contributed by atoms with E-state index < -0.39 is 0 Å². The van der Waals surface area contributed by atoms with E-state index in [1.54, 1.807) is 0 Å². The average Bonchev–Trinajstić information content (AvgIpc) is 3.13.